The van der Waals surface area contributed by atoms with Crippen molar-refractivity contribution in [2.24, 2.45) is 0 Å². The minimum Gasteiger partial charge on any atom is -0.493 e. The second kappa shape index (κ2) is 12.9. The molecular formula is C30H31Cl2F4N3O4. The SMILES string of the molecule is COc1cc(C(=O)NCC(O)(c2cc(C(C)(C)NCCCl)cc(-c3ccc(F)c(Cl)c3)n2)C(F)(F)F)ccc1OC1CC1. The monoisotopic (exact) mass is 643 g/mol. The molecule has 232 valence electrons. The Morgan fingerprint density at radius 3 is 2.42 bits per heavy atom. The van der Waals surface area contributed by atoms with E-state index in [2.05, 4.69) is 15.6 Å². The van der Waals surface area contributed by atoms with Crippen molar-refractivity contribution >= 4 is 29.1 Å². The second-order valence-electron chi connectivity index (χ2n) is 10.7. The maximum atomic E-state index is 14.6. The molecule has 1 fully saturated rings. The molecule has 3 aromatic rings. The van der Waals surface area contributed by atoms with Crippen molar-refractivity contribution in [3.63, 3.8) is 0 Å². The molecule has 0 saturated heterocycles. The molecule has 7 nitrogen and oxygen atoms in total. The van der Waals surface area contributed by atoms with Crippen LogP contribution in [0, 0.1) is 5.82 Å². The Labute approximate surface area is 256 Å². The lowest BCUT2D eigenvalue weighted by molar-refractivity contribution is -0.265. The molecule has 0 spiro atoms. The predicted octanol–water partition coefficient (Wildman–Crippen LogP) is 6.33. The van der Waals surface area contributed by atoms with E-state index < -0.39 is 41.3 Å². The minimum absolute atomic E-state index is 0.000128. The van der Waals surface area contributed by atoms with Gasteiger partial charge in [0.25, 0.3) is 5.91 Å². The van der Waals surface area contributed by atoms with Gasteiger partial charge in [0.1, 0.15) is 5.82 Å². The molecule has 0 radical (unpaired) electrons. The van der Waals surface area contributed by atoms with Gasteiger partial charge < -0.3 is 25.2 Å². The predicted molar refractivity (Wildman–Crippen MR) is 155 cm³/mol. The van der Waals surface area contributed by atoms with Gasteiger partial charge in [0.05, 0.1) is 36.2 Å². The topological polar surface area (TPSA) is 92.7 Å². The summed E-state index contributed by atoms with van der Waals surface area (Å²) >= 11 is 11.8. The zero-order valence-corrected chi connectivity index (χ0v) is 25.1. The largest absolute Gasteiger partial charge is 0.493 e. The van der Waals surface area contributed by atoms with Gasteiger partial charge in [-0.25, -0.2) is 9.37 Å². The number of aromatic nitrogens is 1. The molecular weight excluding hydrogens is 613 g/mol. The number of benzene rings is 2. The molecule has 2 aromatic carbocycles. The molecule has 1 heterocycles. The number of carbonyl (C=O) groups excluding carboxylic acids is 1. The van der Waals surface area contributed by atoms with E-state index in [1.807, 2.05) is 0 Å². The van der Waals surface area contributed by atoms with Gasteiger partial charge in [-0.2, -0.15) is 13.2 Å². The number of ether oxygens (including phenoxy) is 2. The molecule has 0 aliphatic heterocycles. The van der Waals surface area contributed by atoms with Crippen molar-refractivity contribution in [1.29, 1.82) is 0 Å². The number of methoxy groups -OCH3 is 1. The smallest absolute Gasteiger partial charge is 0.424 e. The summed E-state index contributed by atoms with van der Waals surface area (Å²) in [5, 5.41) is 16.3. The van der Waals surface area contributed by atoms with Crippen molar-refractivity contribution in [3.8, 4) is 22.8 Å². The van der Waals surface area contributed by atoms with E-state index in [-0.39, 0.29) is 39.6 Å². The van der Waals surface area contributed by atoms with Crippen LogP contribution in [0.4, 0.5) is 17.6 Å². The van der Waals surface area contributed by atoms with Crippen LogP contribution in [-0.2, 0) is 11.1 Å². The molecule has 1 aromatic heterocycles. The summed E-state index contributed by atoms with van der Waals surface area (Å²) in [6.45, 7) is 2.52. The Morgan fingerprint density at radius 1 is 1.09 bits per heavy atom. The van der Waals surface area contributed by atoms with Crippen LogP contribution in [0.15, 0.2) is 48.5 Å². The van der Waals surface area contributed by atoms with E-state index in [1.54, 1.807) is 13.8 Å². The highest BCUT2D eigenvalue weighted by Gasteiger charge is 2.56. The van der Waals surface area contributed by atoms with E-state index in [9.17, 15) is 27.5 Å². The molecule has 1 amide bonds. The fourth-order valence-corrected chi connectivity index (χ4v) is 4.56. The van der Waals surface area contributed by atoms with E-state index in [0.29, 0.717) is 17.9 Å². The molecule has 1 atom stereocenters. The van der Waals surface area contributed by atoms with Gasteiger partial charge in [-0.15, -0.1) is 11.6 Å². The number of rotatable bonds is 12. The number of hydrogen-bond acceptors (Lipinski definition) is 6. The van der Waals surface area contributed by atoms with Crippen LogP contribution in [0.3, 0.4) is 0 Å². The van der Waals surface area contributed by atoms with Gasteiger partial charge in [-0.05, 0) is 80.8 Å². The average molecular weight is 644 g/mol. The van der Waals surface area contributed by atoms with Gasteiger partial charge in [-0.3, -0.25) is 4.79 Å². The van der Waals surface area contributed by atoms with Crippen molar-refractivity contribution in [3.05, 3.63) is 76.2 Å². The molecule has 3 N–H and O–H groups in total. The van der Waals surface area contributed by atoms with Crippen LogP contribution >= 0.6 is 23.2 Å². The molecule has 1 aliphatic rings. The number of aliphatic hydroxyl groups is 1. The third-order valence-corrected chi connectivity index (χ3v) is 7.54. The van der Waals surface area contributed by atoms with Crippen molar-refractivity contribution < 1.29 is 36.9 Å². The molecule has 43 heavy (non-hydrogen) atoms. The van der Waals surface area contributed by atoms with Gasteiger partial charge in [0.2, 0.25) is 5.60 Å². The fraction of sp³-hybridized carbons (Fsp3) is 0.400. The van der Waals surface area contributed by atoms with E-state index in [4.69, 9.17) is 32.7 Å². The quantitative estimate of drug-likeness (QED) is 0.158. The highest BCUT2D eigenvalue weighted by molar-refractivity contribution is 6.31. The lowest BCUT2D eigenvalue weighted by Crippen LogP contribution is -2.52. The Kier molecular flexibility index (Phi) is 9.80. The van der Waals surface area contributed by atoms with Gasteiger partial charge >= 0.3 is 6.18 Å². The highest BCUT2D eigenvalue weighted by atomic mass is 35.5. The normalized spacial score (nSPS) is 15.1. The lowest BCUT2D eigenvalue weighted by Gasteiger charge is -2.33. The number of alkyl halides is 4. The first-order chi connectivity index (χ1) is 20.2. The maximum absolute atomic E-state index is 14.6. The van der Waals surface area contributed by atoms with Crippen LogP contribution < -0.4 is 20.1 Å². The highest BCUT2D eigenvalue weighted by Crippen LogP contribution is 2.41. The Hall–Kier alpha value is -3.12. The first-order valence-corrected chi connectivity index (χ1v) is 14.3. The zero-order chi connectivity index (χ0) is 31.6. The first kappa shape index (κ1) is 32.8. The third-order valence-electron chi connectivity index (χ3n) is 7.07. The van der Waals surface area contributed by atoms with Crippen LogP contribution in [0.1, 0.15) is 48.3 Å². The summed E-state index contributed by atoms with van der Waals surface area (Å²) in [5.41, 5.74) is -4.78. The number of amides is 1. The summed E-state index contributed by atoms with van der Waals surface area (Å²) in [4.78, 5) is 17.1. The second-order valence-corrected chi connectivity index (χ2v) is 11.5. The van der Waals surface area contributed by atoms with Gasteiger partial charge in [-0.1, -0.05) is 11.6 Å². The van der Waals surface area contributed by atoms with Crippen LogP contribution in [-0.4, -0.2) is 54.4 Å². The number of hydrogen-bond donors (Lipinski definition) is 3. The van der Waals surface area contributed by atoms with Crippen LogP contribution in [0.2, 0.25) is 5.02 Å². The Bertz CT molecular complexity index is 1480. The van der Waals surface area contributed by atoms with Crippen LogP contribution in [0.25, 0.3) is 11.3 Å². The number of pyridine rings is 1. The minimum atomic E-state index is -5.27. The standard InChI is InChI=1S/C30H31Cl2F4N3O4/c1-28(2,38-11-10-31)19-14-23(17-4-8-22(33)21(32)12-17)39-26(15-19)29(41,30(34,35)36)16-37-27(40)18-5-9-24(25(13-18)42-3)43-20-6-7-20/h4-5,8-9,12-15,20,38,41H,6-7,10-11,16H2,1-3H3,(H,37,40). The molecule has 1 saturated carbocycles. The molecule has 4 rings (SSSR count). The van der Waals surface area contributed by atoms with Crippen molar-refractivity contribution in [2.75, 3.05) is 26.1 Å². The summed E-state index contributed by atoms with van der Waals surface area (Å²) in [7, 11) is 1.38. The summed E-state index contributed by atoms with van der Waals surface area (Å²) in [6, 6.07) is 10.5. The molecule has 1 aliphatic carbocycles. The average Bonchev–Trinajstić information content (AvgIpc) is 3.79. The Balaban J connectivity index is 1.72. The van der Waals surface area contributed by atoms with E-state index in [1.165, 1.54) is 43.5 Å². The van der Waals surface area contributed by atoms with E-state index >= 15 is 0 Å². The number of carbonyl (C=O) groups is 1. The third kappa shape index (κ3) is 7.52. The van der Waals surface area contributed by atoms with Gasteiger partial charge in [0, 0.05) is 29.1 Å². The molecule has 0 bridgehead atoms. The lowest BCUT2D eigenvalue weighted by atomic mass is 9.88. The maximum Gasteiger partial charge on any atom is 0.424 e. The Morgan fingerprint density at radius 2 is 1.81 bits per heavy atom. The first-order valence-electron chi connectivity index (χ1n) is 13.4. The molecule has 1 unspecified atom stereocenters. The van der Waals surface area contributed by atoms with Crippen LogP contribution in [0.5, 0.6) is 11.5 Å². The number of nitrogens with zero attached hydrogens (tertiary/aromatic N) is 1. The summed E-state index contributed by atoms with van der Waals surface area (Å²) in [5.74, 6) is -0.713. The van der Waals surface area contributed by atoms with Gasteiger partial charge in [0.15, 0.2) is 11.5 Å². The number of nitrogens with one attached hydrogen (secondary N) is 2. The summed E-state index contributed by atoms with van der Waals surface area (Å²) < 4.78 is 68.8. The summed E-state index contributed by atoms with van der Waals surface area (Å²) in [6.07, 6.45) is -3.42. The van der Waals surface area contributed by atoms with E-state index in [0.717, 1.165) is 25.0 Å². The van der Waals surface area contributed by atoms with Crippen molar-refractivity contribution in [2.45, 2.75) is 50.1 Å². The molecule has 13 heteroatoms. The zero-order valence-electron chi connectivity index (χ0n) is 23.6. The number of halogens is 6. The van der Waals surface area contributed by atoms with Crippen molar-refractivity contribution in [1.82, 2.24) is 15.6 Å². The fourth-order valence-electron chi connectivity index (χ4n) is 4.29.